The molecule has 0 unspecified atom stereocenters. The van der Waals surface area contributed by atoms with Crippen LogP contribution in [0.15, 0.2) is 9.26 Å². The van der Waals surface area contributed by atoms with Crippen LogP contribution in [-0.2, 0) is 0 Å². The van der Waals surface area contributed by atoms with Crippen LogP contribution in [0, 0.1) is 17.3 Å². The first-order valence-corrected chi connectivity index (χ1v) is 4.94. The van der Waals surface area contributed by atoms with E-state index in [1.807, 2.05) is 10.9 Å². The molecule has 0 fully saturated rings. The number of amides is 2. The lowest BCUT2D eigenvalue weighted by Crippen LogP contribution is -2.46. The normalized spacial score (nSPS) is 10.2. The Balaban J connectivity index is 2.04. The summed E-state index contributed by atoms with van der Waals surface area (Å²) >= 11 is 0. The Morgan fingerprint density at radius 2 is 1.75 bits per heavy atom. The van der Waals surface area contributed by atoms with Crippen LogP contribution in [0.1, 0.15) is 26.7 Å². The van der Waals surface area contributed by atoms with Gasteiger partial charge in [-0.25, -0.2) is 0 Å². The van der Waals surface area contributed by atoms with E-state index in [1.165, 1.54) is 6.92 Å². The van der Waals surface area contributed by atoms with Crippen molar-refractivity contribution in [2.24, 2.45) is 0 Å². The fraction of sp³-hybridized carbons (Fsp3) is 0.143. The maximum Gasteiger partial charge on any atom is 0.320 e. The number of hydrogen-bond acceptors (Lipinski definition) is 9. The number of nitrogen functional groups attached to an aromatic ring is 1. The van der Waals surface area contributed by atoms with Gasteiger partial charge < -0.3 is 16.1 Å². The van der Waals surface area contributed by atoms with Gasteiger partial charge in [-0.2, -0.15) is 0 Å². The van der Waals surface area contributed by atoms with E-state index in [4.69, 9.17) is 5.73 Å². The summed E-state index contributed by atoms with van der Waals surface area (Å²) in [5.41, 5.74) is 7.90. The van der Waals surface area contributed by atoms with Crippen LogP contribution in [0.3, 0.4) is 0 Å². The Bertz CT molecular complexity index is 656. The van der Waals surface area contributed by atoms with Crippen molar-refractivity contribution >= 4 is 17.6 Å². The summed E-state index contributed by atoms with van der Waals surface area (Å²) in [6.45, 7) is 1.28. The third-order valence-electron chi connectivity index (χ3n) is 2.18. The molecule has 2 aromatic heterocycles. The zero-order chi connectivity index (χ0) is 14.9. The number of nitrogens with zero attached hydrogens (tertiary/aromatic N) is 4. The van der Waals surface area contributed by atoms with Gasteiger partial charge in [0.1, 0.15) is 0 Å². The predicted octanol–water partition coefficient (Wildman–Crippen LogP) is -3.11. The van der Waals surface area contributed by atoms with E-state index >= 15 is 0 Å². The minimum atomic E-state index is -1.07. The maximum atomic E-state index is 11.6. The van der Waals surface area contributed by atoms with Gasteiger partial charge in [0.25, 0.3) is 0 Å². The first-order chi connectivity index (χ1) is 9.41. The average Bonchev–Trinajstić information content (AvgIpc) is 2.91. The van der Waals surface area contributed by atoms with Crippen LogP contribution < -0.4 is 26.4 Å². The van der Waals surface area contributed by atoms with Crippen molar-refractivity contribution in [1.82, 2.24) is 21.2 Å². The summed E-state index contributed by atoms with van der Waals surface area (Å²) in [4.78, 5) is 22.9. The highest BCUT2D eigenvalue weighted by molar-refractivity contribution is 5.98. The summed E-state index contributed by atoms with van der Waals surface area (Å²) in [7, 11) is 0. The third-order valence-corrected chi connectivity index (χ3v) is 2.18. The van der Waals surface area contributed by atoms with E-state index in [2.05, 4.69) is 19.6 Å². The van der Waals surface area contributed by atoms with Crippen molar-refractivity contribution in [3.8, 4) is 0 Å². The summed E-state index contributed by atoms with van der Waals surface area (Å²) in [5, 5.41) is 28.1. The van der Waals surface area contributed by atoms with E-state index in [-0.39, 0.29) is 21.2 Å². The van der Waals surface area contributed by atoms with Crippen LogP contribution in [0.25, 0.3) is 0 Å². The van der Waals surface area contributed by atoms with E-state index in [9.17, 15) is 20.0 Å². The van der Waals surface area contributed by atoms with Crippen LogP contribution >= 0.6 is 0 Å². The molecule has 0 atom stereocenters. The Morgan fingerprint density at radius 1 is 1.15 bits per heavy atom. The summed E-state index contributed by atoms with van der Waals surface area (Å²) in [6.07, 6.45) is 0. The Kier molecular flexibility index (Phi) is 3.08. The molecule has 13 nitrogen and oxygen atoms in total. The third kappa shape index (κ3) is 2.14. The SMILES string of the molecule is Cc1c(C(=O)NNC(=O)c2c(N)no[n+]2[O-])no[n+]1[O-]. The topological polar surface area (TPSA) is 190 Å². The number of hydrogen-bond donors (Lipinski definition) is 3. The summed E-state index contributed by atoms with van der Waals surface area (Å²) in [6, 6.07) is 0. The van der Waals surface area contributed by atoms with Gasteiger partial charge >= 0.3 is 29.0 Å². The standard InChI is InChI=1S/C7H7N7O6/c1-2-3(11-19-13(2)17)6(15)9-10-7(16)4-5(8)12-20-14(4)18/h1H3,(H2,8,12)(H,9,15)(H,10,16). The highest BCUT2D eigenvalue weighted by Crippen LogP contribution is 2.01. The molecular weight excluding hydrogens is 278 g/mol. The summed E-state index contributed by atoms with van der Waals surface area (Å²) < 4.78 is 8.24. The fourth-order valence-electron chi connectivity index (χ4n) is 1.19. The van der Waals surface area contributed by atoms with Gasteiger partial charge in [0, 0.05) is 6.92 Å². The fourth-order valence-corrected chi connectivity index (χ4v) is 1.19. The molecule has 0 radical (unpaired) electrons. The molecule has 0 aromatic carbocycles. The van der Waals surface area contributed by atoms with Crippen molar-refractivity contribution in [3.05, 3.63) is 27.5 Å². The molecule has 0 saturated carbocycles. The molecule has 2 aromatic rings. The number of aromatic nitrogens is 4. The molecule has 20 heavy (non-hydrogen) atoms. The molecular formula is C7H7N7O6. The number of nitrogens with two attached hydrogens (primary N) is 1. The van der Waals surface area contributed by atoms with Crippen molar-refractivity contribution in [1.29, 1.82) is 0 Å². The molecule has 0 aliphatic rings. The highest BCUT2D eigenvalue weighted by atomic mass is 16.8. The van der Waals surface area contributed by atoms with Crippen LogP contribution in [0.2, 0.25) is 0 Å². The maximum absolute atomic E-state index is 11.6. The van der Waals surface area contributed by atoms with Gasteiger partial charge in [0.05, 0.1) is 10.3 Å². The molecule has 0 bridgehead atoms. The van der Waals surface area contributed by atoms with Crippen molar-refractivity contribution in [2.45, 2.75) is 6.92 Å². The van der Waals surface area contributed by atoms with Gasteiger partial charge in [-0.3, -0.25) is 29.7 Å². The van der Waals surface area contributed by atoms with E-state index in [0.29, 0.717) is 0 Å². The first kappa shape index (κ1) is 13.1. The highest BCUT2D eigenvalue weighted by Gasteiger charge is 2.27. The minimum Gasteiger partial charge on any atom is -0.359 e. The van der Waals surface area contributed by atoms with Gasteiger partial charge in [0.15, 0.2) is 0 Å². The molecule has 2 amide bonds. The van der Waals surface area contributed by atoms with E-state index < -0.39 is 23.3 Å². The number of hydrazine groups is 1. The summed E-state index contributed by atoms with van der Waals surface area (Å²) in [5.74, 6) is -2.45. The first-order valence-electron chi connectivity index (χ1n) is 4.94. The number of carbonyl (C=O) groups is 2. The van der Waals surface area contributed by atoms with Gasteiger partial charge in [0.2, 0.25) is 5.69 Å². The number of carbonyl (C=O) groups excluding carboxylic acids is 2. The molecule has 0 spiro atoms. The van der Waals surface area contributed by atoms with E-state index in [0.717, 1.165) is 0 Å². The molecule has 0 aliphatic carbocycles. The van der Waals surface area contributed by atoms with E-state index in [1.54, 1.807) is 0 Å². The average molecular weight is 285 g/mol. The van der Waals surface area contributed by atoms with Gasteiger partial charge in [-0.05, 0) is 9.81 Å². The van der Waals surface area contributed by atoms with Crippen molar-refractivity contribution in [2.75, 3.05) is 5.73 Å². The molecule has 2 rings (SSSR count). The van der Waals surface area contributed by atoms with Crippen molar-refractivity contribution < 1.29 is 28.7 Å². The van der Waals surface area contributed by atoms with Crippen LogP contribution in [-0.4, -0.2) is 22.1 Å². The number of rotatable bonds is 2. The monoisotopic (exact) mass is 285 g/mol. The second-order valence-electron chi connectivity index (χ2n) is 3.44. The molecule has 106 valence electrons. The molecule has 2 heterocycles. The largest absolute Gasteiger partial charge is 0.359 e. The molecule has 4 N–H and O–H groups in total. The predicted molar refractivity (Wildman–Crippen MR) is 55.0 cm³/mol. The Hall–Kier alpha value is -3.38. The second-order valence-corrected chi connectivity index (χ2v) is 3.44. The number of nitrogens with one attached hydrogen (secondary N) is 2. The number of anilines is 1. The lowest BCUT2D eigenvalue weighted by molar-refractivity contribution is -0.806. The Morgan fingerprint density at radius 3 is 2.25 bits per heavy atom. The van der Waals surface area contributed by atoms with Gasteiger partial charge in [-0.15, -0.1) is 0 Å². The smallest absolute Gasteiger partial charge is 0.320 e. The second kappa shape index (κ2) is 4.71. The van der Waals surface area contributed by atoms with Crippen LogP contribution in [0.5, 0.6) is 0 Å². The van der Waals surface area contributed by atoms with Crippen molar-refractivity contribution in [3.63, 3.8) is 0 Å². The zero-order valence-corrected chi connectivity index (χ0v) is 9.82. The minimum absolute atomic E-state index is 0.0142. The lowest BCUT2D eigenvalue weighted by Gasteiger charge is -2.02. The quantitative estimate of drug-likeness (QED) is 0.378. The Labute approximate surface area is 109 Å². The molecule has 0 aliphatic heterocycles. The molecule has 13 heteroatoms. The van der Waals surface area contributed by atoms with Crippen LogP contribution in [0.4, 0.5) is 5.82 Å². The molecule has 0 saturated heterocycles. The lowest BCUT2D eigenvalue weighted by atomic mass is 10.3. The van der Waals surface area contributed by atoms with Gasteiger partial charge in [-0.1, -0.05) is 0 Å². The zero-order valence-electron chi connectivity index (χ0n) is 9.82.